The second kappa shape index (κ2) is 7.37. The summed E-state index contributed by atoms with van der Waals surface area (Å²) in [6.45, 7) is 7.64. The lowest BCUT2D eigenvalue weighted by atomic mass is 9.77. The van der Waals surface area contributed by atoms with Gasteiger partial charge in [0.15, 0.2) is 0 Å². The zero-order valence-electron chi connectivity index (χ0n) is 28.7. The van der Waals surface area contributed by atoms with Crippen LogP contribution in [-0.4, -0.2) is 18.3 Å². The first-order valence-corrected chi connectivity index (χ1v) is 9.99. The summed E-state index contributed by atoms with van der Waals surface area (Å²) < 4.78 is 106. The molecule has 0 radical (unpaired) electrons. The Hall–Kier alpha value is -2.88. The minimum atomic E-state index is -0.759. The summed E-state index contributed by atoms with van der Waals surface area (Å²) in [5.74, 6) is 0. The molecule has 1 aliphatic heterocycles. The van der Waals surface area contributed by atoms with Crippen LogP contribution in [0.4, 0.5) is 0 Å². The lowest BCUT2D eigenvalue weighted by molar-refractivity contribution is 0.00578. The average molecular weight is 417 g/mol. The van der Waals surface area contributed by atoms with Gasteiger partial charge in [0.05, 0.1) is 26.3 Å². The summed E-state index contributed by atoms with van der Waals surface area (Å²) >= 11 is 0. The maximum Gasteiger partial charge on any atom is 0.494 e. The van der Waals surface area contributed by atoms with Crippen molar-refractivity contribution in [1.82, 2.24) is 0 Å². The fraction of sp³-hybridized carbons (Fsp3) is 0.214. The predicted molar refractivity (Wildman–Crippen MR) is 131 cm³/mol. The van der Waals surface area contributed by atoms with E-state index in [4.69, 9.17) is 24.4 Å². The number of hydrogen-bond acceptors (Lipinski definition) is 2. The Morgan fingerprint density at radius 3 is 1.84 bits per heavy atom. The molecule has 0 bridgehead atoms. The molecule has 0 saturated carbocycles. The molecule has 0 amide bonds. The van der Waals surface area contributed by atoms with Crippen LogP contribution in [0.2, 0.25) is 0 Å². The molecule has 1 heterocycles. The molecule has 4 aromatic rings. The topological polar surface area (TPSA) is 18.5 Å². The van der Waals surface area contributed by atoms with E-state index in [-0.39, 0.29) is 21.9 Å². The van der Waals surface area contributed by atoms with E-state index >= 15 is 0 Å². The maximum absolute atomic E-state index is 9.04. The van der Waals surface area contributed by atoms with Gasteiger partial charge < -0.3 is 9.31 Å². The van der Waals surface area contributed by atoms with E-state index in [9.17, 15) is 0 Å². The monoisotopic (exact) mass is 417 g/mol. The van der Waals surface area contributed by atoms with Gasteiger partial charge in [0.1, 0.15) is 0 Å². The summed E-state index contributed by atoms with van der Waals surface area (Å²) in [6.07, 6.45) is 0. The number of rotatable bonds is 3. The van der Waals surface area contributed by atoms with Gasteiger partial charge in [-0.1, -0.05) is 90.7 Å². The van der Waals surface area contributed by atoms with Crippen LogP contribution in [0, 0.1) is 0 Å². The molecule has 1 saturated heterocycles. The highest BCUT2D eigenvalue weighted by molar-refractivity contribution is 6.62. The highest BCUT2D eigenvalue weighted by Crippen LogP contribution is 2.38. The van der Waals surface area contributed by atoms with Gasteiger partial charge in [-0.3, -0.25) is 0 Å². The summed E-state index contributed by atoms with van der Waals surface area (Å²) in [5.41, 5.74) is -0.988. The lowest BCUT2D eigenvalue weighted by Gasteiger charge is -2.32. The molecule has 0 aliphatic carbocycles. The Balaban J connectivity index is 1.89. The zero-order valence-corrected chi connectivity index (χ0v) is 17.7. The molecule has 3 heteroatoms. The van der Waals surface area contributed by atoms with E-state index in [0.29, 0.717) is 11.0 Å². The third-order valence-electron chi connectivity index (χ3n) is 5.95. The number of fused-ring (bicyclic) bond motifs is 1. The van der Waals surface area contributed by atoms with Crippen LogP contribution in [0.15, 0.2) is 90.7 Å². The van der Waals surface area contributed by atoms with Crippen LogP contribution in [0.5, 0.6) is 0 Å². The van der Waals surface area contributed by atoms with Gasteiger partial charge in [-0.2, -0.15) is 0 Å². The Labute approximate surface area is 200 Å². The van der Waals surface area contributed by atoms with Gasteiger partial charge >= 0.3 is 7.12 Å². The maximum atomic E-state index is 9.04. The van der Waals surface area contributed by atoms with Crippen molar-refractivity contribution in [3.05, 3.63) is 90.7 Å². The highest BCUT2D eigenvalue weighted by atomic mass is 16.7. The van der Waals surface area contributed by atoms with Gasteiger partial charge in [0, 0.05) is 0 Å². The Morgan fingerprint density at radius 2 is 1.23 bits per heavy atom. The van der Waals surface area contributed by atoms with E-state index in [0.717, 1.165) is 0 Å². The molecule has 4 aromatic carbocycles. The lowest BCUT2D eigenvalue weighted by Crippen LogP contribution is -2.41. The number of benzene rings is 4. The van der Waals surface area contributed by atoms with Crippen LogP contribution in [-0.2, 0) is 9.31 Å². The third kappa shape index (κ3) is 3.48. The molecule has 31 heavy (non-hydrogen) atoms. The molecule has 1 fully saturated rings. The summed E-state index contributed by atoms with van der Waals surface area (Å²) in [6, 6.07) is 0.355. The van der Waals surface area contributed by atoms with Gasteiger partial charge in [-0.05, 0) is 66.2 Å². The minimum absolute atomic E-state index is 0.0384. The van der Waals surface area contributed by atoms with Crippen molar-refractivity contribution in [2.75, 3.05) is 0 Å². The van der Waals surface area contributed by atoms with Gasteiger partial charge in [0.25, 0.3) is 0 Å². The summed E-state index contributed by atoms with van der Waals surface area (Å²) in [5, 5.41) is -0.313. The second-order valence-electron chi connectivity index (χ2n) is 8.46. The smallest absolute Gasteiger partial charge is 0.399 e. The van der Waals surface area contributed by atoms with E-state index in [1.165, 1.54) is 0 Å². The van der Waals surface area contributed by atoms with E-state index in [1.807, 2.05) is 27.7 Å². The zero-order chi connectivity index (χ0) is 31.2. The Bertz CT molecular complexity index is 1780. The fourth-order valence-corrected chi connectivity index (χ4v) is 3.54. The van der Waals surface area contributed by atoms with Crippen LogP contribution >= 0.6 is 0 Å². The molecule has 0 spiro atoms. The van der Waals surface area contributed by atoms with Crippen LogP contribution in [0.25, 0.3) is 33.0 Å². The van der Waals surface area contributed by atoms with E-state index in [1.54, 1.807) is 24.3 Å². The van der Waals surface area contributed by atoms with E-state index < -0.39 is 90.4 Å². The van der Waals surface area contributed by atoms with Gasteiger partial charge in [-0.25, -0.2) is 0 Å². The molecule has 5 rings (SSSR count). The summed E-state index contributed by atoms with van der Waals surface area (Å²) in [4.78, 5) is 0. The SMILES string of the molecule is [2H]c1c([2H])c([2H])c(-c2c([2H])c([2H])c(-c3cccc(B4OC(C)(C)C(C)(C)O4)c3)c3c([2H])c([2H])c([2H])c([2H])c23)c([2H])c1[2H]. The highest BCUT2D eigenvalue weighted by Gasteiger charge is 2.51. The standard InChI is InChI=1S/C28H27BO2/c1-27(2)28(3,4)31-29(30-27)22-14-10-13-21(19-22)24-18-17-23(20-11-6-5-7-12-20)25-15-8-9-16-26(24)25/h5-19H,1-4H3/i5D,6D,7D,8D,9D,11D,12D,15D,16D,17D,18D. The van der Waals surface area contributed by atoms with Crippen molar-refractivity contribution in [2.24, 2.45) is 0 Å². The van der Waals surface area contributed by atoms with Crippen LogP contribution < -0.4 is 5.46 Å². The molecule has 0 N–H and O–H groups in total. The van der Waals surface area contributed by atoms with Crippen molar-refractivity contribution in [2.45, 2.75) is 38.9 Å². The van der Waals surface area contributed by atoms with Crippen LogP contribution in [0.1, 0.15) is 42.8 Å². The average Bonchev–Trinajstić information content (AvgIpc) is 3.16. The first kappa shape index (κ1) is 11.1. The Morgan fingerprint density at radius 1 is 0.677 bits per heavy atom. The first-order chi connectivity index (χ1) is 19.4. The van der Waals surface area contributed by atoms with Crippen molar-refractivity contribution in [3.8, 4) is 22.3 Å². The molecule has 0 aromatic heterocycles. The first-order valence-electron chi connectivity index (χ1n) is 15.5. The van der Waals surface area contributed by atoms with Crippen molar-refractivity contribution in [3.63, 3.8) is 0 Å². The molecule has 2 nitrogen and oxygen atoms in total. The number of hydrogen-bond donors (Lipinski definition) is 0. The molecule has 154 valence electrons. The Kier molecular flexibility index (Phi) is 2.64. The third-order valence-corrected chi connectivity index (χ3v) is 5.95. The van der Waals surface area contributed by atoms with Crippen molar-refractivity contribution >= 4 is 23.4 Å². The quantitative estimate of drug-likeness (QED) is 0.356. The molecule has 1 aliphatic rings. The van der Waals surface area contributed by atoms with Crippen molar-refractivity contribution < 1.29 is 24.4 Å². The fourth-order valence-electron chi connectivity index (χ4n) is 3.54. The molecular weight excluding hydrogens is 379 g/mol. The van der Waals surface area contributed by atoms with Gasteiger partial charge in [0.2, 0.25) is 0 Å². The summed E-state index contributed by atoms with van der Waals surface area (Å²) in [7, 11) is -0.759. The predicted octanol–water partition coefficient (Wildman–Crippen LogP) is 6.47. The molecular formula is C28H27BO2. The van der Waals surface area contributed by atoms with E-state index in [2.05, 4.69) is 0 Å². The second-order valence-corrected chi connectivity index (χ2v) is 8.46. The largest absolute Gasteiger partial charge is 0.494 e. The normalized spacial score (nSPS) is 22.2. The minimum Gasteiger partial charge on any atom is -0.399 e. The van der Waals surface area contributed by atoms with Gasteiger partial charge in [-0.15, -0.1) is 0 Å². The van der Waals surface area contributed by atoms with Crippen molar-refractivity contribution in [1.29, 1.82) is 0 Å². The molecule has 0 unspecified atom stereocenters. The molecule has 0 atom stereocenters. The van der Waals surface area contributed by atoms with Crippen LogP contribution in [0.3, 0.4) is 0 Å².